The molecule has 0 fully saturated rings. The van der Waals surface area contributed by atoms with Crippen LogP contribution in [0.5, 0.6) is 0 Å². The fourth-order valence-electron chi connectivity index (χ4n) is 2.24. The van der Waals surface area contributed by atoms with E-state index in [9.17, 15) is 23.1 Å². The third-order valence-electron chi connectivity index (χ3n) is 3.54. The highest BCUT2D eigenvalue weighted by molar-refractivity contribution is 5.97. The summed E-state index contributed by atoms with van der Waals surface area (Å²) >= 11 is 0. The van der Waals surface area contributed by atoms with Crippen LogP contribution in [-0.2, 0) is 19.3 Å². The first-order valence-electron chi connectivity index (χ1n) is 7.64. The zero-order valence-corrected chi connectivity index (χ0v) is 14.1. The van der Waals surface area contributed by atoms with Crippen molar-refractivity contribution in [3.63, 3.8) is 0 Å². The molecule has 142 valence electrons. The Hall–Kier alpha value is -2.66. The highest BCUT2D eigenvalue weighted by Crippen LogP contribution is 2.27. The van der Waals surface area contributed by atoms with E-state index in [2.05, 4.69) is 25.9 Å². The van der Waals surface area contributed by atoms with Gasteiger partial charge in [-0.05, 0) is 11.6 Å². The fourth-order valence-corrected chi connectivity index (χ4v) is 2.24. The molecule has 2 rings (SSSR count). The number of nitrogens with one attached hydrogen (secondary N) is 3. The Bertz CT molecular complexity index is 745. The highest BCUT2D eigenvalue weighted by Gasteiger charge is 2.32. The number of hydrogen-bond donors (Lipinski definition) is 4. The van der Waals surface area contributed by atoms with Crippen LogP contribution in [0.2, 0.25) is 0 Å². The number of rotatable bonds is 7. The fraction of sp³-hybridized carbons (Fsp3) is 0.400. The van der Waals surface area contributed by atoms with Gasteiger partial charge >= 0.3 is 6.18 Å². The molecule has 4 N–H and O–H groups in total. The molecular formula is C15H19F3N6O2. The van der Waals surface area contributed by atoms with E-state index in [1.807, 2.05) is 0 Å². The van der Waals surface area contributed by atoms with Crippen LogP contribution in [0.4, 0.5) is 19.0 Å². The first kappa shape index (κ1) is 19.7. The zero-order valence-electron chi connectivity index (χ0n) is 14.1. The normalized spacial score (nSPS) is 12.7. The smallest absolute Gasteiger partial charge is 0.377 e. The Balaban J connectivity index is 1.98. The van der Waals surface area contributed by atoms with Crippen LogP contribution in [0.25, 0.3) is 0 Å². The molecular weight excluding hydrogens is 353 g/mol. The van der Waals surface area contributed by atoms with Crippen molar-refractivity contribution in [2.75, 3.05) is 19.4 Å². The average Bonchev–Trinajstić information content (AvgIpc) is 3.01. The number of carbonyl (C=O) groups is 1. The van der Waals surface area contributed by atoms with Gasteiger partial charge in [0.1, 0.15) is 11.9 Å². The van der Waals surface area contributed by atoms with Gasteiger partial charge in [-0.25, -0.2) is 4.98 Å². The van der Waals surface area contributed by atoms with Crippen molar-refractivity contribution in [3.05, 3.63) is 41.6 Å². The summed E-state index contributed by atoms with van der Waals surface area (Å²) in [4.78, 5) is 19.3. The van der Waals surface area contributed by atoms with Gasteiger partial charge in [0.2, 0.25) is 0 Å². The molecule has 0 bridgehead atoms. The first-order chi connectivity index (χ1) is 12.3. The lowest BCUT2D eigenvalue weighted by Gasteiger charge is -2.15. The van der Waals surface area contributed by atoms with Crippen molar-refractivity contribution in [1.29, 1.82) is 0 Å². The van der Waals surface area contributed by atoms with E-state index >= 15 is 0 Å². The summed E-state index contributed by atoms with van der Waals surface area (Å²) < 4.78 is 38.9. The predicted molar refractivity (Wildman–Crippen MR) is 87.2 cm³/mol. The van der Waals surface area contributed by atoms with Crippen molar-refractivity contribution in [2.45, 2.75) is 25.5 Å². The number of imidazole rings is 1. The third kappa shape index (κ3) is 4.70. The van der Waals surface area contributed by atoms with E-state index in [4.69, 9.17) is 0 Å². The maximum Gasteiger partial charge on any atom is 0.433 e. The minimum atomic E-state index is -4.49. The molecule has 8 nitrogen and oxygen atoms in total. The topological polar surface area (TPSA) is 104 Å². The van der Waals surface area contributed by atoms with Gasteiger partial charge in [0.05, 0.1) is 12.9 Å². The van der Waals surface area contributed by atoms with Crippen LogP contribution in [0.3, 0.4) is 0 Å². The lowest BCUT2D eigenvalue weighted by atomic mass is 10.2. The number of pyridine rings is 1. The quantitative estimate of drug-likeness (QED) is 0.536. The van der Waals surface area contributed by atoms with Crippen molar-refractivity contribution >= 4 is 11.7 Å². The number of hydrogen-bond acceptors (Lipinski definition) is 6. The van der Waals surface area contributed by atoms with Gasteiger partial charge in [0.15, 0.2) is 11.5 Å². The molecule has 2 aromatic heterocycles. The molecule has 1 unspecified atom stereocenters. The summed E-state index contributed by atoms with van der Waals surface area (Å²) in [5.74, 6) is -0.00511. The van der Waals surface area contributed by atoms with Gasteiger partial charge in [-0.1, -0.05) is 6.07 Å². The number of alkyl halides is 3. The number of nitrogens with zero attached hydrogens (tertiary/aromatic N) is 3. The third-order valence-corrected chi connectivity index (χ3v) is 3.54. The highest BCUT2D eigenvalue weighted by atomic mass is 19.4. The monoisotopic (exact) mass is 372 g/mol. The zero-order chi connectivity index (χ0) is 19.3. The number of carbonyl (C=O) groups excluding carboxylic acids is 1. The average molecular weight is 372 g/mol. The molecule has 11 heteroatoms. The lowest BCUT2D eigenvalue weighted by Crippen LogP contribution is -2.34. The number of aliphatic hydroxyl groups excluding tert-OH is 1. The lowest BCUT2D eigenvalue weighted by molar-refractivity contribution is -0.141. The Kier molecular flexibility index (Phi) is 6.16. The molecule has 0 aliphatic carbocycles. The summed E-state index contributed by atoms with van der Waals surface area (Å²) in [7, 11) is 3.09. The molecule has 0 aliphatic rings. The summed E-state index contributed by atoms with van der Waals surface area (Å²) in [6, 6.07) is 2.16. The minimum absolute atomic E-state index is 0.0193. The number of halogens is 3. The number of aromatic nitrogens is 3. The molecule has 26 heavy (non-hydrogen) atoms. The molecule has 1 amide bonds. The van der Waals surface area contributed by atoms with E-state index in [1.54, 1.807) is 7.05 Å². The van der Waals surface area contributed by atoms with E-state index in [0.29, 0.717) is 11.4 Å². The van der Waals surface area contributed by atoms with Gasteiger partial charge in [0, 0.05) is 26.8 Å². The van der Waals surface area contributed by atoms with Crippen LogP contribution in [0, 0.1) is 0 Å². The van der Waals surface area contributed by atoms with E-state index in [1.165, 1.54) is 24.0 Å². The van der Waals surface area contributed by atoms with E-state index in [0.717, 1.165) is 12.3 Å². The van der Waals surface area contributed by atoms with E-state index in [-0.39, 0.29) is 24.7 Å². The van der Waals surface area contributed by atoms with Crippen LogP contribution in [-0.4, -0.2) is 45.9 Å². The molecule has 0 saturated carbocycles. The van der Waals surface area contributed by atoms with Gasteiger partial charge in [-0.2, -0.15) is 13.2 Å². The van der Waals surface area contributed by atoms with Crippen molar-refractivity contribution < 1.29 is 23.1 Å². The molecule has 0 saturated heterocycles. The molecule has 0 radical (unpaired) electrons. The van der Waals surface area contributed by atoms with Crippen LogP contribution in [0.15, 0.2) is 24.7 Å². The number of anilines is 1. The van der Waals surface area contributed by atoms with Crippen LogP contribution < -0.4 is 16.0 Å². The molecule has 0 spiro atoms. The van der Waals surface area contributed by atoms with Gasteiger partial charge in [-0.3, -0.25) is 15.1 Å². The standard InChI is InChI=1S/C15H19F3N6O2/c1-19-13-12(14(26)20-2)24(8-23-13)7-11(25)22-6-9-3-4-10(21-5-9)15(16,17)18/h3-5,8,11,19,22,25H,6-7H2,1-2H3,(H,20,26). The maximum atomic E-state index is 12.5. The van der Waals surface area contributed by atoms with Crippen molar-refractivity contribution in [2.24, 2.45) is 0 Å². The summed E-state index contributed by atoms with van der Waals surface area (Å²) in [6.07, 6.45) is -3.05. The Morgan fingerprint density at radius 3 is 2.58 bits per heavy atom. The van der Waals surface area contributed by atoms with Crippen LogP contribution >= 0.6 is 0 Å². The van der Waals surface area contributed by atoms with Gasteiger partial charge in [-0.15, -0.1) is 0 Å². The first-order valence-corrected chi connectivity index (χ1v) is 7.64. The molecule has 0 aliphatic heterocycles. The molecule has 2 aromatic rings. The Morgan fingerprint density at radius 2 is 2.04 bits per heavy atom. The minimum Gasteiger partial charge on any atom is -0.377 e. The maximum absolute atomic E-state index is 12.5. The second-order valence-electron chi connectivity index (χ2n) is 5.37. The summed E-state index contributed by atoms with van der Waals surface area (Å²) in [5.41, 5.74) is -0.243. The Morgan fingerprint density at radius 1 is 1.31 bits per heavy atom. The summed E-state index contributed by atoms with van der Waals surface area (Å²) in [5, 5.41) is 18.1. The van der Waals surface area contributed by atoms with Gasteiger partial charge in [0.25, 0.3) is 5.91 Å². The molecule has 1 atom stereocenters. The molecule has 0 aromatic carbocycles. The summed E-state index contributed by atoms with van der Waals surface area (Å²) in [6.45, 7) is 0.126. The van der Waals surface area contributed by atoms with Crippen LogP contribution in [0.1, 0.15) is 21.7 Å². The second-order valence-corrected chi connectivity index (χ2v) is 5.37. The largest absolute Gasteiger partial charge is 0.433 e. The Labute approximate surface area is 147 Å². The van der Waals surface area contributed by atoms with Crippen molar-refractivity contribution in [3.8, 4) is 0 Å². The number of amides is 1. The number of aliphatic hydroxyl groups is 1. The second kappa shape index (κ2) is 8.15. The predicted octanol–water partition coefficient (Wildman–Crippen LogP) is 0.806. The van der Waals surface area contributed by atoms with Crippen molar-refractivity contribution in [1.82, 2.24) is 25.2 Å². The SMILES string of the molecule is CNC(=O)c1c(NC)ncn1CC(O)NCc1ccc(C(F)(F)F)nc1. The van der Waals surface area contributed by atoms with Gasteiger partial charge < -0.3 is 20.3 Å². The van der Waals surface area contributed by atoms with E-state index < -0.39 is 18.1 Å². The molecule has 2 heterocycles.